The van der Waals surface area contributed by atoms with Gasteiger partial charge in [0.25, 0.3) is 0 Å². The minimum Gasteiger partial charge on any atom is -0.354 e. The molecule has 1 heterocycles. The van der Waals surface area contributed by atoms with E-state index in [2.05, 4.69) is 15.3 Å². The molecule has 5 nitrogen and oxygen atoms in total. The average molecular weight is 218 g/mol. The SMILES string of the molecule is CN(C=O)CCNc1nc2ccccc2[nH]1. The van der Waals surface area contributed by atoms with Gasteiger partial charge in [-0.1, -0.05) is 12.1 Å². The molecule has 16 heavy (non-hydrogen) atoms. The van der Waals surface area contributed by atoms with Crippen molar-refractivity contribution >= 4 is 23.4 Å². The van der Waals surface area contributed by atoms with Crippen molar-refractivity contribution in [1.29, 1.82) is 0 Å². The molecular weight excluding hydrogens is 204 g/mol. The Hall–Kier alpha value is -2.04. The first-order valence-corrected chi connectivity index (χ1v) is 5.14. The molecule has 0 saturated heterocycles. The Balaban J connectivity index is 1.97. The van der Waals surface area contributed by atoms with E-state index in [1.807, 2.05) is 24.3 Å². The zero-order chi connectivity index (χ0) is 11.4. The standard InChI is InChI=1S/C11H14N4O/c1-15(8-16)7-6-12-11-13-9-4-2-3-5-10(9)14-11/h2-5,8H,6-7H2,1H3,(H2,12,13,14). The lowest BCUT2D eigenvalue weighted by atomic mass is 10.3. The zero-order valence-corrected chi connectivity index (χ0v) is 9.10. The molecule has 0 aliphatic heterocycles. The van der Waals surface area contributed by atoms with Crippen LogP contribution in [0.25, 0.3) is 11.0 Å². The molecule has 0 aliphatic carbocycles. The summed E-state index contributed by atoms with van der Waals surface area (Å²) >= 11 is 0. The fourth-order valence-electron chi connectivity index (χ4n) is 1.44. The summed E-state index contributed by atoms with van der Waals surface area (Å²) in [7, 11) is 1.74. The van der Waals surface area contributed by atoms with E-state index in [1.165, 1.54) is 0 Å². The molecule has 2 rings (SSSR count). The number of aromatic amines is 1. The van der Waals surface area contributed by atoms with Crippen LogP contribution in [0, 0.1) is 0 Å². The summed E-state index contributed by atoms with van der Waals surface area (Å²) in [5, 5.41) is 3.13. The fraction of sp³-hybridized carbons (Fsp3) is 0.273. The average Bonchev–Trinajstić information content (AvgIpc) is 2.71. The smallest absolute Gasteiger partial charge is 0.209 e. The number of H-pyrrole nitrogens is 1. The number of aromatic nitrogens is 2. The van der Waals surface area contributed by atoms with Crippen molar-refractivity contribution in [2.75, 3.05) is 25.5 Å². The fourth-order valence-corrected chi connectivity index (χ4v) is 1.44. The van der Waals surface area contributed by atoms with E-state index < -0.39 is 0 Å². The number of likely N-dealkylation sites (N-methyl/N-ethyl adjacent to an activating group) is 1. The molecule has 2 N–H and O–H groups in total. The highest BCUT2D eigenvalue weighted by Crippen LogP contribution is 2.12. The zero-order valence-electron chi connectivity index (χ0n) is 9.10. The first kappa shape index (κ1) is 10.5. The van der Waals surface area contributed by atoms with Crippen molar-refractivity contribution in [3.8, 4) is 0 Å². The summed E-state index contributed by atoms with van der Waals surface area (Å²) in [6, 6.07) is 7.84. The third-order valence-electron chi connectivity index (χ3n) is 2.33. The molecule has 0 radical (unpaired) electrons. The van der Waals surface area contributed by atoms with Crippen LogP contribution < -0.4 is 5.32 Å². The van der Waals surface area contributed by atoms with Gasteiger partial charge < -0.3 is 15.2 Å². The number of fused-ring (bicyclic) bond motifs is 1. The lowest BCUT2D eigenvalue weighted by Crippen LogP contribution is -2.23. The summed E-state index contributed by atoms with van der Waals surface area (Å²) in [5.41, 5.74) is 1.95. The number of imidazole rings is 1. The van der Waals surface area contributed by atoms with Crippen molar-refractivity contribution in [2.45, 2.75) is 0 Å². The van der Waals surface area contributed by atoms with Gasteiger partial charge >= 0.3 is 0 Å². The largest absolute Gasteiger partial charge is 0.354 e. The Morgan fingerprint density at radius 3 is 3.06 bits per heavy atom. The molecule has 0 atom stereocenters. The number of benzene rings is 1. The number of carbonyl (C=O) groups excluding carboxylic acids is 1. The lowest BCUT2D eigenvalue weighted by molar-refractivity contribution is -0.116. The quantitative estimate of drug-likeness (QED) is 0.738. The van der Waals surface area contributed by atoms with Crippen molar-refractivity contribution in [3.63, 3.8) is 0 Å². The Morgan fingerprint density at radius 1 is 1.50 bits per heavy atom. The Bertz CT molecular complexity index is 447. The van der Waals surface area contributed by atoms with Crippen LogP contribution in [0.1, 0.15) is 0 Å². The van der Waals surface area contributed by atoms with E-state index in [0.29, 0.717) is 13.1 Å². The molecular formula is C11H14N4O. The second-order valence-corrected chi connectivity index (χ2v) is 3.62. The van der Waals surface area contributed by atoms with Gasteiger partial charge in [-0.25, -0.2) is 4.98 Å². The Morgan fingerprint density at radius 2 is 2.31 bits per heavy atom. The number of para-hydroxylation sites is 2. The highest BCUT2D eigenvalue weighted by molar-refractivity contribution is 5.77. The topological polar surface area (TPSA) is 61.0 Å². The maximum absolute atomic E-state index is 10.4. The molecule has 0 saturated carbocycles. The van der Waals surface area contributed by atoms with E-state index in [9.17, 15) is 4.79 Å². The van der Waals surface area contributed by atoms with Gasteiger partial charge in [-0.3, -0.25) is 4.79 Å². The maximum atomic E-state index is 10.4. The highest BCUT2D eigenvalue weighted by atomic mass is 16.1. The first-order chi connectivity index (χ1) is 7.79. The van der Waals surface area contributed by atoms with E-state index in [1.54, 1.807) is 11.9 Å². The summed E-state index contributed by atoms with van der Waals surface area (Å²) in [6.45, 7) is 1.33. The number of amides is 1. The molecule has 5 heteroatoms. The maximum Gasteiger partial charge on any atom is 0.209 e. The summed E-state index contributed by atoms with van der Waals surface area (Å²) in [5.74, 6) is 0.737. The van der Waals surface area contributed by atoms with Crippen LogP contribution in [0.4, 0.5) is 5.95 Å². The van der Waals surface area contributed by atoms with Crippen molar-refractivity contribution < 1.29 is 4.79 Å². The molecule has 0 unspecified atom stereocenters. The summed E-state index contributed by atoms with van der Waals surface area (Å²) in [6.07, 6.45) is 0.806. The monoisotopic (exact) mass is 218 g/mol. The highest BCUT2D eigenvalue weighted by Gasteiger charge is 2.00. The molecule has 2 aromatic rings. The third-order valence-corrected chi connectivity index (χ3v) is 2.33. The number of rotatable bonds is 5. The number of carbonyl (C=O) groups is 1. The second kappa shape index (κ2) is 4.65. The molecule has 0 fully saturated rings. The summed E-state index contributed by atoms with van der Waals surface area (Å²) in [4.78, 5) is 19.5. The van der Waals surface area contributed by atoms with Crippen molar-refractivity contribution in [3.05, 3.63) is 24.3 Å². The Kier molecular flexibility index (Phi) is 3.05. The van der Waals surface area contributed by atoms with E-state index in [-0.39, 0.29) is 0 Å². The van der Waals surface area contributed by atoms with Gasteiger partial charge in [0.1, 0.15) is 0 Å². The minimum atomic E-state index is 0.653. The number of nitrogens with zero attached hydrogens (tertiary/aromatic N) is 2. The van der Waals surface area contributed by atoms with Crippen molar-refractivity contribution in [1.82, 2.24) is 14.9 Å². The van der Waals surface area contributed by atoms with Crippen LogP contribution in [0.3, 0.4) is 0 Å². The predicted molar refractivity (Wildman–Crippen MR) is 63.3 cm³/mol. The molecule has 0 aliphatic rings. The third kappa shape index (κ3) is 2.31. The molecule has 0 bridgehead atoms. The second-order valence-electron chi connectivity index (χ2n) is 3.62. The summed E-state index contributed by atoms with van der Waals surface area (Å²) < 4.78 is 0. The number of hydrogen-bond acceptors (Lipinski definition) is 3. The van der Waals surface area contributed by atoms with E-state index in [4.69, 9.17) is 0 Å². The van der Waals surface area contributed by atoms with Gasteiger partial charge in [-0.15, -0.1) is 0 Å². The molecule has 1 amide bonds. The molecule has 84 valence electrons. The van der Waals surface area contributed by atoms with Crippen LogP contribution >= 0.6 is 0 Å². The normalized spacial score (nSPS) is 10.3. The lowest BCUT2D eigenvalue weighted by Gasteiger charge is -2.09. The first-order valence-electron chi connectivity index (χ1n) is 5.14. The Labute approximate surface area is 93.5 Å². The van der Waals surface area contributed by atoms with Crippen LogP contribution in [0.15, 0.2) is 24.3 Å². The van der Waals surface area contributed by atoms with Crippen LogP contribution in [-0.4, -0.2) is 41.4 Å². The van der Waals surface area contributed by atoms with Gasteiger partial charge in [0.2, 0.25) is 12.4 Å². The van der Waals surface area contributed by atoms with Crippen LogP contribution in [0.5, 0.6) is 0 Å². The molecule has 1 aromatic carbocycles. The number of nitrogens with one attached hydrogen (secondary N) is 2. The van der Waals surface area contributed by atoms with Gasteiger partial charge in [-0.2, -0.15) is 0 Å². The van der Waals surface area contributed by atoms with Gasteiger partial charge in [0.15, 0.2) is 0 Å². The van der Waals surface area contributed by atoms with Gasteiger partial charge in [0, 0.05) is 20.1 Å². The minimum absolute atomic E-state index is 0.653. The van der Waals surface area contributed by atoms with E-state index >= 15 is 0 Å². The van der Waals surface area contributed by atoms with Crippen LogP contribution in [0.2, 0.25) is 0 Å². The molecule has 0 spiro atoms. The molecule has 1 aromatic heterocycles. The van der Waals surface area contributed by atoms with Crippen molar-refractivity contribution in [2.24, 2.45) is 0 Å². The number of anilines is 1. The van der Waals surface area contributed by atoms with Crippen LogP contribution in [-0.2, 0) is 4.79 Å². The van der Waals surface area contributed by atoms with Gasteiger partial charge in [0.05, 0.1) is 11.0 Å². The predicted octanol–water partition coefficient (Wildman–Crippen LogP) is 1.06. The number of hydrogen-bond donors (Lipinski definition) is 2. The van der Waals surface area contributed by atoms with E-state index in [0.717, 1.165) is 23.4 Å². The van der Waals surface area contributed by atoms with Gasteiger partial charge in [-0.05, 0) is 12.1 Å².